The predicted molar refractivity (Wildman–Crippen MR) is 80.6 cm³/mol. The number of halogens is 2. The Balaban J connectivity index is 2.25. The smallest absolute Gasteiger partial charge is 0.321 e. The fourth-order valence-electron chi connectivity index (χ4n) is 1.68. The fourth-order valence-corrected chi connectivity index (χ4v) is 5.83. The van der Waals surface area contributed by atoms with E-state index in [1.807, 2.05) is 0 Å². The molecule has 0 unspecified atom stereocenters. The van der Waals surface area contributed by atoms with Gasteiger partial charge in [0.1, 0.15) is 10.8 Å². The highest BCUT2D eigenvalue weighted by molar-refractivity contribution is 9.11. The van der Waals surface area contributed by atoms with Crippen molar-refractivity contribution in [3.63, 3.8) is 0 Å². The summed E-state index contributed by atoms with van der Waals surface area (Å²) in [6.07, 6.45) is 1.53. The maximum Gasteiger partial charge on any atom is 0.321 e. The van der Waals surface area contributed by atoms with Crippen molar-refractivity contribution in [1.82, 2.24) is 4.31 Å². The Bertz CT molecular complexity index is 592. The lowest BCUT2D eigenvalue weighted by Crippen LogP contribution is -2.37. The van der Waals surface area contributed by atoms with Gasteiger partial charge in [0.2, 0.25) is 0 Å². The monoisotopic (exact) mass is 401 g/mol. The summed E-state index contributed by atoms with van der Waals surface area (Å²) in [5.74, 6) is -0.537. The summed E-state index contributed by atoms with van der Waals surface area (Å²) >= 11 is 10.1. The van der Waals surface area contributed by atoms with Crippen LogP contribution in [0.2, 0.25) is 5.02 Å². The van der Waals surface area contributed by atoms with Crippen LogP contribution < -0.4 is 0 Å². The SMILES string of the molecule is CCOC(=O)CN(C1CC1)S(=O)(=O)c1cc(Cl)c(Br)s1. The van der Waals surface area contributed by atoms with Crippen molar-refractivity contribution >= 4 is 54.9 Å². The summed E-state index contributed by atoms with van der Waals surface area (Å²) in [7, 11) is -3.72. The third kappa shape index (κ3) is 3.54. The Labute approximate surface area is 135 Å². The van der Waals surface area contributed by atoms with Crippen LogP contribution in [0.25, 0.3) is 0 Å². The summed E-state index contributed by atoms with van der Waals surface area (Å²) in [6.45, 7) is 1.66. The lowest BCUT2D eigenvalue weighted by Gasteiger charge is -2.19. The highest BCUT2D eigenvalue weighted by Crippen LogP contribution is 2.39. The van der Waals surface area contributed by atoms with E-state index in [-0.39, 0.29) is 23.4 Å². The lowest BCUT2D eigenvalue weighted by atomic mass is 10.6. The molecule has 1 fully saturated rings. The Morgan fingerprint density at radius 2 is 2.25 bits per heavy atom. The molecule has 112 valence electrons. The van der Waals surface area contributed by atoms with Gasteiger partial charge in [0.05, 0.1) is 15.4 Å². The van der Waals surface area contributed by atoms with Gasteiger partial charge in [-0.2, -0.15) is 4.31 Å². The van der Waals surface area contributed by atoms with Crippen LogP contribution in [-0.2, 0) is 19.6 Å². The number of thiophene rings is 1. The van der Waals surface area contributed by atoms with Crippen LogP contribution in [-0.4, -0.2) is 37.9 Å². The minimum atomic E-state index is -3.72. The molecule has 20 heavy (non-hydrogen) atoms. The number of nitrogens with zero attached hydrogens (tertiary/aromatic N) is 1. The average molecular weight is 403 g/mol. The molecule has 0 saturated heterocycles. The normalized spacial score (nSPS) is 15.6. The van der Waals surface area contributed by atoms with E-state index in [9.17, 15) is 13.2 Å². The molecule has 1 aliphatic rings. The van der Waals surface area contributed by atoms with Gasteiger partial charge < -0.3 is 4.74 Å². The van der Waals surface area contributed by atoms with Crippen molar-refractivity contribution < 1.29 is 17.9 Å². The van der Waals surface area contributed by atoms with Crippen LogP contribution in [0.5, 0.6) is 0 Å². The van der Waals surface area contributed by atoms with Crippen molar-refractivity contribution in [3.8, 4) is 0 Å². The van der Waals surface area contributed by atoms with Crippen LogP contribution in [0, 0.1) is 0 Å². The van der Waals surface area contributed by atoms with E-state index in [1.165, 1.54) is 10.4 Å². The standard InChI is InChI=1S/C11H13BrClNO4S2/c1-2-18-9(15)6-14(7-3-4-7)20(16,17)10-5-8(13)11(12)19-10/h5,7H,2-4,6H2,1H3. The quantitative estimate of drug-likeness (QED) is 0.686. The molecular formula is C11H13BrClNO4S2. The second-order valence-electron chi connectivity index (χ2n) is 4.27. The van der Waals surface area contributed by atoms with Gasteiger partial charge in [-0.15, -0.1) is 11.3 Å². The first-order valence-electron chi connectivity index (χ1n) is 5.98. The summed E-state index contributed by atoms with van der Waals surface area (Å²) in [4.78, 5) is 11.6. The predicted octanol–water partition coefficient (Wildman–Crippen LogP) is 2.88. The number of carbonyl (C=O) groups excluding carboxylic acids is 1. The van der Waals surface area contributed by atoms with Gasteiger partial charge >= 0.3 is 5.97 Å². The van der Waals surface area contributed by atoms with Crippen LogP contribution in [0.3, 0.4) is 0 Å². The third-order valence-corrected chi connectivity index (χ3v) is 7.55. The van der Waals surface area contributed by atoms with Gasteiger partial charge in [0, 0.05) is 6.04 Å². The van der Waals surface area contributed by atoms with E-state index in [0.29, 0.717) is 8.81 Å². The van der Waals surface area contributed by atoms with E-state index < -0.39 is 16.0 Å². The molecule has 1 aromatic rings. The number of esters is 1. The first kappa shape index (κ1) is 16.2. The summed E-state index contributed by atoms with van der Waals surface area (Å²) in [5.41, 5.74) is 0. The van der Waals surface area contributed by atoms with E-state index in [1.54, 1.807) is 6.92 Å². The van der Waals surface area contributed by atoms with Crippen LogP contribution in [0.1, 0.15) is 19.8 Å². The largest absolute Gasteiger partial charge is 0.465 e. The molecule has 0 amide bonds. The summed E-state index contributed by atoms with van der Waals surface area (Å²) in [5, 5.41) is 0.348. The maximum atomic E-state index is 12.6. The van der Waals surface area contributed by atoms with Gasteiger partial charge in [-0.05, 0) is 41.8 Å². The Hall–Kier alpha value is -0.150. The number of sulfonamides is 1. The zero-order chi connectivity index (χ0) is 14.9. The molecule has 0 spiro atoms. The molecular weight excluding hydrogens is 390 g/mol. The average Bonchev–Trinajstić information content (AvgIpc) is 3.13. The zero-order valence-electron chi connectivity index (χ0n) is 10.6. The molecule has 0 aliphatic heterocycles. The fraction of sp³-hybridized carbons (Fsp3) is 0.545. The molecule has 5 nitrogen and oxygen atoms in total. The molecule has 1 heterocycles. The molecule has 1 aromatic heterocycles. The van der Waals surface area contributed by atoms with Crippen LogP contribution >= 0.6 is 38.9 Å². The first-order chi connectivity index (χ1) is 9.36. The second kappa shape index (κ2) is 6.31. The van der Waals surface area contributed by atoms with Crippen LogP contribution in [0.4, 0.5) is 0 Å². The van der Waals surface area contributed by atoms with Crippen molar-refractivity contribution in [2.45, 2.75) is 30.0 Å². The molecule has 0 aromatic carbocycles. The third-order valence-electron chi connectivity index (χ3n) is 2.73. The van der Waals surface area contributed by atoms with Gasteiger partial charge in [0.25, 0.3) is 10.0 Å². The van der Waals surface area contributed by atoms with Crippen LogP contribution in [0.15, 0.2) is 14.1 Å². The lowest BCUT2D eigenvalue weighted by molar-refractivity contribution is -0.143. The van der Waals surface area contributed by atoms with Crippen molar-refractivity contribution in [2.75, 3.05) is 13.2 Å². The topological polar surface area (TPSA) is 63.7 Å². The van der Waals surface area contributed by atoms with Crippen molar-refractivity contribution in [2.24, 2.45) is 0 Å². The molecule has 2 rings (SSSR count). The molecule has 9 heteroatoms. The minimum Gasteiger partial charge on any atom is -0.465 e. The first-order valence-corrected chi connectivity index (χ1v) is 9.41. The van der Waals surface area contributed by atoms with Crippen molar-refractivity contribution in [3.05, 3.63) is 14.9 Å². The number of rotatable bonds is 6. The summed E-state index contributed by atoms with van der Waals surface area (Å²) < 4.78 is 31.9. The second-order valence-corrected chi connectivity index (χ2v) is 9.17. The van der Waals surface area contributed by atoms with E-state index >= 15 is 0 Å². The molecule has 1 saturated carbocycles. The van der Waals surface area contributed by atoms with Gasteiger partial charge in [-0.1, -0.05) is 11.6 Å². The molecule has 1 aliphatic carbocycles. The van der Waals surface area contributed by atoms with Crippen molar-refractivity contribution in [1.29, 1.82) is 0 Å². The Morgan fingerprint density at radius 3 is 2.70 bits per heavy atom. The Morgan fingerprint density at radius 1 is 1.60 bits per heavy atom. The van der Waals surface area contributed by atoms with E-state index in [0.717, 1.165) is 24.2 Å². The molecule has 0 bridgehead atoms. The maximum absolute atomic E-state index is 12.6. The Kier molecular flexibility index (Phi) is 5.12. The van der Waals surface area contributed by atoms with E-state index in [2.05, 4.69) is 15.9 Å². The molecule has 0 atom stereocenters. The number of ether oxygens (including phenoxy) is 1. The molecule has 0 radical (unpaired) electrons. The van der Waals surface area contributed by atoms with Gasteiger partial charge in [-0.25, -0.2) is 8.42 Å². The highest BCUT2D eigenvalue weighted by Gasteiger charge is 2.40. The zero-order valence-corrected chi connectivity index (χ0v) is 14.6. The van der Waals surface area contributed by atoms with E-state index in [4.69, 9.17) is 16.3 Å². The highest BCUT2D eigenvalue weighted by atomic mass is 79.9. The number of hydrogen-bond acceptors (Lipinski definition) is 5. The molecule has 0 N–H and O–H groups in total. The number of hydrogen-bond donors (Lipinski definition) is 0. The number of carbonyl (C=O) groups is 1. The van der Waals surface area contributed by atoms with Gasteiger partial charge in [0.15, 0.2) is 0 Å². The minimum absolute atomic E-state index is 0.121. The summed E-state index contributed by atoms with van der Waals surface area (Å²) in [6, 6.07) is 1.27. The van der Waals surface area contributed by atoms with Gasteiger partial charge in [-0.3, -0.25) is 4.79 Å².